The van der Waals surface area contributed by atoms with Crippen molar-refractivity contribution < 1.29 is 14.8 Å². The van der Waals surface area contributed by atoms with Crippen molar-refractivity contribution in [3.63, 3.8) is 0 Å². The number of methoxy groups -OCH3 is 1. The molecular weight excluding hydrogens is 372 g/mol. The molecule has 4 rings (SSSR count). The van der Waals surface area contributed by atoms with Gasteiger partial charge < -0.3 is 9.84 Å². The van der Waals surface area contributed by atoms with Crippen LogP contribution >= 0.6 is 0 Å². The maximum atomic E-state index is 12.1. The summed E-state index contributed by atoms with van der Waals surface area (Å²) < 4.78 is 7.12. The molecule has 29 heavy (non-hydrogen) atoms. The van der Waals surface area contributed by atoms with E-state index in [0.717, 1.165) is 22.5 Å². The number of para-hydroxylation sites is 1. The van der Waals surface area contributed by atoms with Crippen LogP contribution in [0.3, 0.4) is 0 Å². The first kappa shape index (κ1) is 18.2. The van der Waals surface area contributed by atoms with Crippen LogP contribution in [0.2, 0.25) is 0 Å². The molecule has 0 aliphatic rings. The smallest absolute Gasteiger partial charge is 0.262 e. The summed E-state index contributed by atoms with van der Waals surface area (Å²) in [5, 5.41) is 23.0. The molecule has 0 saturated carbocycles. The Morgan fingerprint density at radius 2 is 1.93 bits per heavy atom. The van der Waals surface area contributed by atoms with E-state index in [0.29, 0.717) is 5.69 Å². The summed E-state index contributed by atoms with van der Waals surface area (Å²) in [5.74, 6) is 0.111. The minimum atomic E-state index is -0.697. The Balaban J connectivity index is 1.64. The number of hydrogen-bond acceptors (Lipinski definition) is 6. The van der Waals surface area contributed by atoms with E-state index in [4.69, 9.17) is 4.74 Å². The summed E-state index contributed by atoms with van der Waals surface area (Å²) in [6.07, 6.45) is 3.05. The van der Waals surface area contributed by atoms with E-state index in [1.807, 2.05) is 34.9 Å². The lowest BCUT2D eigenvalue weighted by atomic mass is 10.2. The summed E-state index contributed by atoms with van der Waals surface area (Å²) in [6, 6.07) is 17.2. The number of nitro groups is 1. The van der Waals surface area contributed by atoms with Gasteiger partial charge in [0.15, 0.2) is 0 Å². The van der Waals surface area contributed by atoms with Crippen molar-refractivity contribution in [3.8, 4) is 17.2 Å². The van der Waals surface area contributed by atoms with Crippen LogP contribution in [0.5, 0.6) is 11.5 Å². The van der Waals surface area contributed by atoms with E-state index in [1.54, 1.807) is 25.6 Å². The molecule has 0 aliphatic carbocycles. The number of benzene rings is 3. The first-order valence-electron chi connectivity index (χ1n) is 8.67. The van der Waals surface area contributed by atoms with E-state index >= 15 is 0 Å². The highest BCUT2D eigenvalue weighted by Gasteiger charge is 2.09. The summed E-state index contributed by atoms with van der Waals surface area (Å²) in [4.78, 5) is 18.9. The second-order valence-corrected chi connectivity index (χ2v) is 6.20. The summed E-state index contributed by atoms with van der Waals surface area (Å²) in [5.41, 5.74) is 2.84. The normalized spacial score (nSPS) is 11.2. The van der Waals surface area contributed by atoms with Gasteiger partial charge in [-0.05, 0) is 53.8 Å². The van der Waals surface area contributed by atoms with Gasteiger partial charge in [0.25, 0.3) is 5.69 Å². The second-order valence-electron chi connectivity index (χ2n) is 6.20. The van der Waals surface area contributed by atoms with Crippen LogP contribution in [0.1, 0.15) is 5.56 Å². The SMILES string of the molecule is COc1ccc(-n2cnc3cc(N=Cc4cccc([N+](=O)[O-])c4[O-])ccc32)cc1. The fourth-order valence-electron chi connectivity index (χ4n) is 2.96. The lowest BCUT2D eigenvalue weighted by Gasteiger charge is -2.09. The lowest BCUT2D eigenvalue weighted by Crippen LogP contribution is -2.01. The Kier molecular flexibility index (Phi) is 4.66. The van der Waals surface area contributed by atoms with Gasteiger partial charge in [-0.25, -0.2) is 4.98 Å². The van der Waals surface area contributed by atoms with Crippen LogP contribution in [-0.4, -0.2) is 27.8 Å². The van der Waals surface area contributed by atoms with Gasteiger partial charge in [-0.1, -0.05) is 12.1 Å². The average Bonchev–Trinajstić information content (AvgIpc) is 3.16. The van der Waals surface area contributed by atoms with Crippen molar-refractivity contribution in [1.29, 1.82) is 0 Å². The van der Waals surface area contributed by atoms with Gasteiger partial charge in [-0.2, -0.15) is 0 Å². The molecule has 8 nitrogen and oxygen atoms in total. The molecule has 0 aliphatic heterocycles. The maximum absolute atomic E-state index is 12.1. The summed E-state index contributed by atoms with van der Waals surface area (Å²) in [6.45, 7) is 0. The molecular formula is C21H15N4O4-. The van der Waals surface area contributed by atoms with Crippen molar-refractivity contribution in [1.82, 2.24) is 9.55 Å². The highest BCUT2D eigenvalue weighted by molar-refractivity contribution is 5.88. The van der Waals surface area contributed by atoms with Gasteiger partial charge in [0, 0.05) is 18.0 Å². The number of imidazole rings is 1. The fraction of sp³-hybridized carbons (Fsp3) is 0.0476. The van der Waals surface area contributed by atoms with Crippen LogP contribution in [0.4, 0.5) is 11.4 Å². The number of hydrogen-bond donors (Lipinski definition) is 0. The van der Waals surface area contributed by atoms with Crippen molar-refractivity contribution in [2.45, 2.75) is 0 Å². The third-order valence-corrected chi connectivity index (χ3v) is 4.46. The second kappa shape index (κ2) is 7.43. The molecule has 0 spiro atoms. The quantitative estimate of drug-likeness (QED) is 0.294. The number of nitro benzene ring substituents is 1. The topological polar surface area (TPSA) is 106 Å². The molecule has 0 radical (unpaired) electrons. The number of nitrogens with zero attached hydrogens (tertiary/aromatic N) is 4. The largest absolute Gasteiger partial charge is 0.867 e. The summed E-state index contributed by atoms with van der Waals surface area (Å²) in [7, 11) is 1.62. The number of aromatic nitrogens is 2. The van der Waals surface area contributed by atoms with Gasteiger partial charge in [0.2, 0.25) is 0 Å². The Labute approximate surface area is 165 Å². The lowest BCUT2D eigenvalue weighted by molar-refractivity contribution is -0.398. The van der Waals surface area contributed by atoms with Crippen molar-refractivity contribution in [2.24, 2.45) is 4.99 Å². The molecule has 0 atom stereocenters. The van der Waals surface area contributed by atoms with Gasteiger partial charge in [0.1, 0.15) is 12.1 Å². The van der Waals surface area contributed by atoms with Crippen LogP contribution in [0.25, 0.3) is 16.7 Å². The van der Waals surface area contributed by atoms with Crippen LogP contribution in [-0.2, 0) is 0 Å². The zero-order valence-electron chi connectivity index (χ0n) is 15.4. The van der Waals surface area contributed by atoms with E-state index in [1.165, 1.54) is 24.4 Å². The van der Waals surface area contributed by atoms with Crippen molar-refractivity contribution in [3.05, 3.63) is 82.7 Å². The molecule has 0 N–H and O–H groups in total. The fourth-order valence-corrected chi connectivity index (χ4v) is 2.96. The maximum Gasteiger partial charge on any atom is 0.262 e. The predicted octanol–water partition coefficient (Wildman–Crippen LogP) is 3.77. The van der Waals surface area contributed by atoms with E-state index in [9.17, 15) is 15.2 Å². The van der Waals surface area contributed by atoms with Crippen molar-refractivity contribution >= 4 is 28.6 Å². The molecule has 8 heteroatoms. The Bertz CT molecular complexity index is 1230. The Morgan fingerprint density at radius 1 is 1.14 bits per heavy atom. The standard InChI is InChI=1S/C21H16N4O4/c1-29-17-8-6-16(7-9-17)24-13-23-18-11-15(5-10-19(18)24)22-12-14-3-2-4-20(21(14)26)25(27)28/h2-13,26H,1H3/p-1. The predicted molar refractivity (Wildman–Crippen MR) is 107 cm³/mol. The van der Waals surface area contributed by atoms with Crippen LogP contribution in [0.15, 0.2) is 72.0 Å². The first-order valence-corrected chi connectivity index (χ1v) is 8.67. The zero-order chi connectivity index (χ0) is 20.4. The molecule has 0 amide bonds. The Hall–Kier alpha value is -4.20. The first-order chi connectivity index (χ1) is 14.1. The molecule has 144 valence electrons. The third-order valence-electron chi connectivity index (χ3n) is 4.46. The summed E-state index contributed by atoms with van der Waals surface area (Å²) >= 11 is 0. The Morgan fingerprint density at radius 3 is 2.66 bits per heavy atom. The molecule has 1 aromatic heterocycles. The van der Waals surface area contributed by atoms with Gasteiger partial charge in [0.05, 0.1) is 28.8 Å². The molecule has 0 bridgehead atoms. The molecule has 0 fully saturated rings. The molecule has 4 aromatic rings. The number of rotatable bonds is 5. The molecule has 0 unspecified atom stereocenters. The van der Waals surface area contributed by atoms with Gasteiger partial charge >= 0.3 is 0 Å². The van der Waals surface area contributed by atoms with E-state index < -0.39 is 16.4 Å². The minimum absolute atomic E-state index is 0.156. The third kappa shape index (κ3) is 3.51. The average molecular weight is 387 g/mol. The number of fused-ring (bicyclic) bond motifs is 1. The van der Waals surface area contributed by atoms with E-state index in [2.05, 4.69) is 9.98 Å². The molecule has 3 aromatic carbocycles. The van der Waals surface area contributed by atoms with E-state index in [-0.39, 0.29) is 5.56 Å². The number of aliphatic imine (C=N–C) groups is 1. The highest BCUT2D eigenvalue weighted by Crippen LogP contribution is 2.27. The molecule has 0 saturated heterocycles. The van der Waals surface area contributed by atoms with Gasteiger partial charge in [-0.15, -0.1) is 0 Å². The van der Waals surface area contributed by atoms with Crippen LogP contribution < -0.4 is 9.84 Å². The van der Waals surface area contributed by atoms with Crippen LogP contribution in [0, 0.1) is 10.1 Å². The molecule has 1 heterocycles. The van der Waals surface area contributed by atoms with Gasteiger partial charge in [-0.3, -0.25) is 19.7 Å². The van der Waals surface area contributed by atoms with Crippen molar-refractivity contribution in [2.75, 3.05) is 7.11 Å². The monoisotopic (exact) mass is 387 g/mol. The number of ether oxygens (including phenoxy) is 1. The zero-order valence-corrected chi connectivity index (χ0v) is 15.4. The minimum Gasteiger partial charge on any atom is -0.867 e. The highest BCUT2D eigenvalue weighted by atomic mass is 16.6.